The summed E-state index contributed by atoms with van der Waals surface area (Å²) in [6.45, 7) is 0.797. The summed E-state index contributed by atoms with van der Waals surface area (Å²) in [5.74, 6) is 0. The third-order valence-electron chi connectivity index (χ3n) is 4.17. The zero-order valence-electron chi connectivity index (χ0n) is 11.8. The number of carbonyl (C=O) groups excluding carboxylic acids is 1. The quantitative estimate of drug-likeness (QED) is 0.711. The van der Waals surface area contributed by atoms with E-state index in [0.29, 0.717) is 0 Å². The minimum absolute atomic E-state index is 0.0644. The standard InChI is InChI=1S/C12H23N3O4S/c1-19-11(16)15-20(17,18)14-10-5-8-13-12(9-10)6-3-2-4-7-12/h10,13-14H,2-9H2,1H3,(H,15,16). The van der Waals surface area contributed by atoms with E-state index in [0.717, 1.165) is 39.3 Å². The Morgan fingerprint density at radius 3 is 2.65 bits per heavy atom. The van der Waals surface area contributed by atoms with Crippen LogP contribution >= 0.6 is 0 Å². The van der Waals surface area contributed by atoms with Crippen molar-refractivity contribution < 1.29 is 17.9 Å². The molecule has 2 fully saturated rings. The van der Waals surface area contributed by atoms with Gasteiger partial charge in [-0.3, -0.25) is 0 Å². The van der Waals surface area contributed by atoms with E-state index in [-0.39, 0.29) is 11.6 Å². The summed E-state index contributed by atoms with van der Waals surface area (Å²) < 4.78 is 32.3. The molecule has 1 amide bonds. The van der Waals surface area contributed by atoms with Crippen molar-refractivity contribution in [2.45, 2.75) is 56.5 Å². The van der Waals surface area contributed by atoms with Gasteiger partial charge in [-0.2, -0.15) is 13.1 Å². The number of rotatable bonds is 3. The van der Waals surface area contributed by atoms with E-state index in [4.69, 9.17) is 0 Å². The normalized spacial score (nSPS) is 26.1. The monoisotopic (exact) mass is 305 g/mol. The van der Waals surface area contributed by atoms with Crippen LogP contribution in [0, 0.1) is 0 Å². The van der Waals surface area contributed by atoms with Crippen LogP contribution in [-0.2, 0) is 14.9 Å². The maximum absolute atomic E-state index is 11.8. The molecule has 1 unspecified atom stereocenters. The number of hydrogen-bond acceptors (Lipinski definition) is 5. The molecule has 20 heavy (non-hydrogen) atoms. The summed E-state index contributed by atoms with van der Waals surface area (Å²) in [6, 6.07) is -0.142. The molecule has 1 atom stereocenters. The van der Waals surface area contributed by atoms with Crippen LogP contribution in [0.15, 0.2) is 0 Å². The second-order valence-corrected chi connectivity index (χ2v) is 7.12. The summed E-state index contributed by atoms with van der Waals surface area (Å²) in [5, 5.41) is 3.56. The summed E-state index contributed by atoms with van der Waals surface area (Å²) in [7, 11) is -2.72. The van der Waals surface area contributed by atoms with Gasteiger partial charge in [0.05, 0.1) is 7.11 Å². The summed E-state index contributed by atoms with van der Waals surface area (Å²) in [4.78, 5) is 11.0. The molecular weight excluding hydrogens is 282 g/mol. The van der Waals surface area contributed by atoms with Crippen molar-refractivity contribution in [1.29, 1.82) is 0 Å². The van der Waals surface area contributed by atoms with Crippen molar-refractivity contribution in [3.05, 3.63) is 0 Å². The van der Waals surface area contributed by atoms with E-state index >= 15 is 0 Å². The van der Waals surface area contributed by atoms with Crippen LogP contribution in [-0.4, -0.2) is 39.7 Å². The zero-order valence-corrected chi connectivity index (χ0v) is 12.6. The molecule has 1 heterocycles. The minimum Gasteiger partial charge on any atom is -0.452 e. The molecule has 1 aliphatic heterocycles. The Labute approximate surface area is 120 Å². The number of nitrogens with one attached hydrogen (secondary N) is 3. The summed E-state index contributed by atoms with van der Waals surface area (Å²) >= 11 is 0. The molecule has 1 spiro atoms. The van der Waals surface area contributed by atoms with E-state index in [2.05, 4.69) is 14.8 Å². The first-order valence-electron chi connectivity index (χ1n) is 7.08. The van der Waals surface area contributed by atoms with Crippen molar-refractivity contribution in [3.8, 4) is 0 Å². The number of piperidine rings is 1. The van der Waals surface area contributed by atoms with Gasteiger partial charge in [-0.25, -0.2) is 9.52 Å². The molecule has 3 N–H and O–H groups in total. The molecule has 7 nitrogen and oxygen atoms in total. The van der Waals surface area contributed by atoms with Gasteiger partial charge in [0.25, 0.3) is 0 Å². The fourth-order valence-corrected chi connectivity index (χ4v) is 4.27. The first-order chi connectivity index (χ1) is 9.45. The van der Waals surface area contributed by atoms with Crippen LogP contribution in [0.3, 0.4) is 0 Å². The highest BCUT2D eigenvalue weighted by Crippen LogP contribution is 2.34. The molecule has 1 saturated carbocycles. The lowest BCUT2D eigenvalue weighted by atomic mass is 9.75. The Hall–Kier alpha value is -0.860. The first kappa shape index (κ1) is 15.5. The van der Waals surface area contributed by atoms with Gasteiger partial charge in [-0.05, 0) is 32.2 Å². The van der Waals surface area contributed by atoms with Gasteiger partial charge in [-0.15, -0.1) is 0 Å². The van der Waals surface area contributed by atoms with Crippen LogP contribution in [0.5, 0.6) is 0 Å². The fraction of sp³-hybridized carbons (Fsp3) is 0.917. The predicted molar refractivity (Wildman–Crippen MR) is 74.4 cm³/mol. The number of carbonyl (C=O) groups is 1. The van der Waals surface area contributed by atoms with Gasteiger partial charge in [0.1, 0.15) is 0 Å². The molecule has 1 aliphatic carbocycles. The molecule has 116 valence electrons. The van der Waals surface area contributed by atoms with Crippen LogP contribution in [0.1, 0.15) is 44.9 Å². The van der Waals surface area contributed by atoms with E-state index in [1.807, 2.05) is 4.72 Å². The predicted octanol–water partition coefficient (Wildman–Crippen LogP) is 0.632. The fourth-order valence-electron chi connectivity index (χ4n) is 3.27. The van der Waals surface area contributed by atoms with Gasteiger partial charge < -0.3 is 10.1 Å². The van der Waals surface area contributed by atoms with Gasteiger partial charge >= 0.3 is 16.3 Å². The maximum Gasteiger partial charge on any atom is 0.421 e. The second-order valence-electron chi connectivity index (χ2n) is 5.67. The molecule has 0 aromatic rings. The maximum atomic E-state index is 11.8. The minimum atomic E-state index is -3.85. The average molecular weight is 305 g/mol. The van der Waals surface area contributed by atoms with E-state index in [1.54, 1.807) is 0 Å². The second kappa shape index (κ2) is 6.28. The Bertz CT molecular complexity index is 440. The highest BCUT2D eigenvalue weighted by atomic mass is 32.2. The third kappa shape index (κ3) is 4.07. The van der Waals surface area contributed by atoms with E-state index in [1.165, 1.54) is 19.3 Å². The average Bonchev–Trinajstić information content (AvgIpc) is 2.38. The van der Waals surface area contributed by atoms with Gasteiger partial charge in [0.2, 0.25) is 0 Å². The summed E-state index contributed by atoms with van der Waals surface area (Å²) in [5.41, 5.74) is 0.0644. The number of ether oxygens (including phenoxy) is 1. The van der Waals surface area contributed by atoms with Crippen LogP contribution in [0.25, 0.3) is 0 Å². The molecule has 0 bridgehead atoms. The van der Waals surface area contributed by atoms with Gasteiger partial charge in [0.15, 0.2) is 0 Å². The Balaban J connectivity index is 1.94. The van der Waals surface area contributed by atoms with Gasteiger partial charge in [0, 0.05) is 11.6 Å². The first-order valence-corrected chi connectivity index (χ1v) is 8.56. The Morgan fingerprint density at radius 2 is 2.00 bits per heavy atom. The van der Waals surface area contributed by atoms with E-state index < -0.39 is 16.3 Å². The van der Waals surface area contributed by atoms with Crippen molar-refractivity contribution in [1.82, 2.24) is 14.8 Å². The Kier molecular flexibility index (Phi) is 4.87. The number of amides is 1. The number of methoxy groups -OCH3 is 1. The molecule has 0 radical (unpaired) electrons. The van der Waals surface area contributed by atoms with Crippen molar-refractivity contribution in [3.63, 3.8) is 0 Å². The summed E-state index contributed by atoms with van der Waals surface area (Å²) in [6.07, 6.45) is 6.34. The van der Waals surface area contributed by atoms with Crippen LogP contribution in [0.4, 0.5) is 4.79 Å². The number of hydrogen-bond donors (Lipinski definition) is 3. The van der Waals surface area contributed by atoms with Gasteiger partial charge in [-0.1, -0.05) is 19.3 Å². The highest BCUT2D eigenvalue weighted by Gasteiger charge is 2.38. The van der Waals surface area contributed by atoms with Crippen molar-refractivity contribution in [2.75, 3.05) is 13.7 Å². The highest BCUT2D eigenvalue weighted by molar-refractivity contribution is 7.88. The lowest BCUT2D eigenvalue weighted by molar-refractivity contribution is 0.164. The Morgan fingerprint density at radius 1 is 1.30 bits per heavy atom. The smallest absolute Gasteiger partial charge is 0.421 e. The van der Waals surface area contributed by atoms with Crippen molar-refractivity contribution >= 4 is 16.3 Å². The van der Waals surface area contributed by atoms with Crippen LogP contribution < -0.4 is 14.8 Å². The molecule has 1 saturated heterocycles. The SMILES string of the molecule is COC(=O)NS(=O)(=O)NC1CCNC2(CCCCC2)C1. The zero-order chi connectivity index (χ0) is 14.6. The third-order valence-corrected chi connectivity index (χ3v) is 5.24. The van der Waals surface area contributed by atoms with Crippen LogP contribution in [0.2, 0.25) is 0 Å². The lowest BCUT2D eigenvalue weighted by Gasteiger charge is -2.44. The van der Waals surface area contributed by atoms with Crippen molar-refractivity contribution in [2.24, 2.45) is 0 Å². The molecular formula is C12H23N3O4S. The molecule has 0 aromatic carbocycles. The molecule has 2 aliphatic rings. The lowest BCUT2D eigenvalue weighted by Crippen LogP contribution is -2.58. The molecule has 0 aromatic heterocycles. The molecule has 2 rings (SSSR count). The molecule has 8 heteroatoms. The van der Waals surface area contributed by atoms with E-state index in [9.17, 15) is 13.2 Å². The largest absolute Gasteiger partial charge is 0.452 e. The topological polar surface area (TPSA) is 96.5 Å².